The van der Waals surface area contributed by atoms with E-state index in [4.69, 9.17) is 0 Å². The zero-order chi connectivity index (χ0) is 13.1. The van der Waals surface area contributed by atoms with E-state index in [0.29, 0.717) is 0 Å². The Morgan fingerprint density at radius 3 is 2.50 bits per heavy atom. The number of hydrogen-bond acceptors (Lipinski definition) is 4. The number of benzene rings is 1. The Hall–Kier alpha value is -1.40. The summed E-state index contributed by atoms with van der Waals surface area (Å²) in [6.07, 6.45) is 0. The highest BCUT2D eigenvalue weighted by molar-refractivity contribution is 9.10. The number of nitrogens with zero attached hydrogens (tertiary/aromatic N) is 1. The molecule has 2 rings (SSSR count). The zero-order valence-electron chi connectivity index (χ0n) is 9.59. The molecular formula is C12H11BrN2O2S. The Kier molecular flexibility index (Phi) is 3.98. The van der Waals surface area contributed by atoms with Crippen LogP contribution in [-0.4, -0.2) is 4.92 Å². The Morgan fingerprint density at radius 1 is 1.33 bits per heavy atom. The molecule has 1 heterocycles. The van der Waals surface area contributed by atoms with Crippen molar-refractivity contribution in [3.63, 3.8) is 0 Å². The van der Waals surface area contributed by atoms with Crippen LogP contribution in [0.25, 0.3) is 0 Å². The van der Waals surface area contributed by atoms with Gasteiger partial charge in [-0.25, -0.2) is 0 Å². The van der Waals surface area contributed by atoms with Gasteiger partial charge in [0.15, 0.2) is 0 Å². The summed E-state index contributed by atoms with van der Waals surface area (Å²) >= 11 is 5.16. The van der Waals surface area contributed by atoms with Gasteiger partial charge in [-0.05, 0) is 46.4 Å². The SMILES string of the molecule is CC(Nc1ccc([N+](=O)[O-])cc1)c1sccc1Br. The molecule has 1 atom stereocenters. The molecule has 18 heavy (non-hydrogen) atoms. The van der Waals surface area contributed by atoms with Crippen molar-refractivity contribution in [3.8, 4) is 0 Å². The molecule has 0 saturated carbocycles. The topological polar surface area (TPSA) is 55.2 Å². The van der Waals surface area contributed by atoms with Gasteiger partial charge < -0.3 is 5.32 Å². The molecule has 0 bridgehead atoms. The minimum Gasteiger partial charge on any atom is -0.378 e. The van der Waals surface area contributed by atoms with E-state index in [2.05, 4.69) is 28.2 Å². The third-order valence-electron chi connectivity index (χ3n) is 2.50. The fraction of sp³-hybridized carbons (Fsp3) is 0.167. The first kappa shape index (κ1) is 13.0. The number of halogens is 1. The molecule has 1 N–H and O–H groups in total. The first-order chi connectivity index (χ1) is 8.58. The van der Waals surface area contributed by atoms with Gasteiger partial charge in [0.2, 0.25) is 0 Å². The van der Waals surface area contributed by atoms with Crippen LogP contribution in [0.1, 0.15) is 17.8 Å². The number of nitro groups is 1. The van der Waals surface area contributed by atoms with Crippen molar-refractivity contribution in [1.82, 2.24) is 0 Å². The highest BCUT2D eigenvalue weighted by atomic mass is 79.9. The molecule has 1 aromatic carbocycles. The average Bonchev–Trinajstić information content (AvgIpc) is 2.76. The Bertz CT molecular complexity index is 553. The lowest BCUT2D eigenvalue weighted by Crippen LogP contribution is -2.05. The molecule has 0 spiro atoms. The van der Waals surface area contributed by atoms with Gasteiger partial charge in [-0.3, -0.25) is 10.1 Å². The number of hydrogen-bond donors (Lipinski definition) is 1. The van der Waals surface area contributed by atoms with Crippen molar-refractivity contribution in [3.05, 3.63) is 55.2 Å². The number of anilines is 1. The molecule has 0 fully saturated rings. The van der Waals surface area contributed by atoms with Gasteiger partial charge in [0, 0.05) is 27.2 Å². The standard InChI is InChI=1S/C12H11BrN2O2S/c1-8(12-11(13)6-7-18-12)14-9-2-4-10(5-3-9)15(16)17/h2-8,14H,1H3. The van der Waals surface area contributed by atoms with Crippen molar-refractivity contribution in [2.75, 3.05) is 5.32 Å². The van der Waals surface area contributed by atoms with E-state index in [-0.39, 0.29) is 11.7 Å². The summed E-state index contributed by atoms with van der Waals surface area (Å²) in [5.74, 6) is 0. The van der Waals surface area contributed by atoms with Crippen molar-refractivity contribution in [1.29, 1.82) is 0 Å². The summed E-state index contributed by atoms with van der Waals surface area (Å²) in [6, 6.07) is 8.60. The summed E-state index contributed by atoms with van der Waals surface area (Å²) < 4.78 is 1.08. The fourth-order valence-electron chi connectivity index (χ4n) is 1.61. The van der Waals surface area contributed by atoms with E-state index in [1.54, 1.807) is 23.5 Å². The Balaban J connectivity index is 2.10. The maximum Gasteiger partial charge on any atom is 0.269 e. The van der Waals surface area contributed by atoms with Crippen LogP contribution < -0.4 is 5.32 Å². The zero-order valence-corrected chi connectivity index (χ0v) is 12.0. The van der Waals surface area contributed by atoms with E-state index in [9.17, 15) is 10.1 Å². The second-order valence-electron chi connectivity index (χ2n) is 3.80. The summed E-state index contributed by atoms with van der Waals surface area (Å²) in [6.45, 7) is 2.05. The predicted molar refractivity (Wildman–Crippen MR) is 77.2 cm³/mol. The van der Waals surface area contributed by atoms with E-state index < -0.39 is 4.92 Å². The number of non-ortho nitro benzene ring substituents is 1. The molecule has 0 radical (unpaired) electrons. The van der Waals surface area contributed by atoms with Gasteiger partial charge in [-0.2, -0.15) is 0 Å². The van der Waals surface area contributed by atoms with E-state index in [0.717, 1.165) is 10.2 Å². The number of rotatable bonds is 4. The largest absolute Gasteiger partial charge is 0.378 e. The van der Waals surface area contributed by atoms with Gasteiger partial charge in [0.05, 0.1) is 11.0 Å². The number of thiophene rings is 1. The summed E-state index contributed by atoms with van der Waals surface area (Å²) in [5, 5.41) is 15.9. The molecule has 2 aromatic rings. The lowest BCUT2D eigenvalue weighted by atomic mass is 10.2. The van der Waals surface area contributed by atoms with Crippen molar-refractivity contribution >= 4 is 38.6 Å². The van der Waals surface area contributed by atoms with Crippen LogP contribution in [-0.2, 0) is 0 Å². The monoisotopic (exact) mass is 326 g/mol. The molecule has 1 aromatic heterocycles. The second-order valence-corrected chi connectivity index (χ2v) is 5.60. The number of nitro benzene ring substituents is 1. The highest BCUT2D eigenvalue weighted by Crippen LogP contribution is 2.31. The second kappa shape index (κ2) is 5.49. The molecule has 1 unspecified atom stereocenters. The van der Waals surface area contributed by atoms with Crippen LogP contribution in [0.4, 0.5) is 11.4 Å². The van der Waals surface area contributed by atoms with Crippen LogP contribution in [0.3, 0.4) is 0 Å². The normalized spacial score (nSPS) is 12.1. The smallest absolute Gasteiger partial charge is 0.269 e. The lowest BCUT2D eigenvalue weighted by molar-refractivity contribution is -0.384. The van der Waals surface area contributed by atoms with Crippen LogP contribution in [0.5, 0.6) is 0 Å². The van der Waals surface area contributed by atoms with Crippen molar-refractivity contribution in [2.24, 2.45) is 0 Å². The molecule has 0 aliphatic heterocycles. The van der Waals surface area contributed by atoms with Gasteiger partial charge in [0.1, 0.15) is 0 Å². The lowest BCUT2D eigenvalue weighted by Gasteiger charge is -2.14. The maximum atomic E-state index is 10.5. The van der Waals surface area contributed by atoms with Crippen LogP contribution in [0, 0.1) is 10.1 Å². The molecular weight excluding hydrogens is 316 g/mol. The molecule has 94 valence electrons. The molecule has 0 aliphatic rings. The first-order valence-corrected chi connectivity index (χ1v) is 6.99. The third kappa shape index (κ3) is 2.88. The molecule has 0 saturated heterocycles. The Morgan fingerprint density at radius 2 is 2.00 bits per heavy atom. The van der Waals surface area contributed by atoms with Gasteiger partial charge in [-0.1, -0.05) is 0 Å². The van der Waals surface area contributed by atoms with E-state index in [1.165, 1.54) is 17.0 Å². The van der Waals surface area contributed by atoms with E-state index in [1.807, 2.05) is 11.4 Å². The highest BCUT2D eigenvalue weighted by Gasteiger charge is 2.11. The minimum atomic E-state index is -0.400. The maximum absolute atomic E-state index is 10.5. The van der Waals surface area contributed by atoms with Gasteiger partial charge >= 0.3 is 0 Å². The van der Waals surface area contributed by atoms with Gasteiger partial charge in [0.25, 0.3) is 5.69 Å². The number of nitrogens with one attached hydrogen (secondary N) is 1. The van der Waals surface area contributed by atoms with Crippen molar-refractivity contribution in [2.45, 2.75) is 13.0 Å². The molecule has 0 amide bonds. The van der Waals surface area contributed by atoms with Crippen LogP contribution in [0.15, 0.2) is 40.2 Å². The van der Waals surface area contributed by atoms with Crippen LogP contribution >= 0.6 is 27.3 Å². The first-order valence-electron chi connectivity index (χ1n) is 5.32. The fourth-order valence-corrected chi connectivity index (χ4v) is 3.33. The van der Waals surface area contributed by atoms with Crippen molar-refractivity contribution < 1.29 is 4.92 Å². The summed E-state index contributed by atoms with van der Waals surface area (Å²) in [7, 11) is 0. The predicted octanol–water partition coefficient (Wildman–Crippen LogP) is 4.59. The average molecular weight is 327 g/mol. The van der Waals surface area contributed by atoms with Crippen LogP contribution in [0.2, 0.25) is 0 Å². The summed E-state index contributed by atoms with van der Waals surface area (Å²) in [5.41, 5.74) is 0.971. The molecule has 6 heteroatoms. The minimum absolute atomic E-state index is 0.102. The third-order valence-corrected chi connectivity index (χ3v) is 4.55. The quantitative estimate of drug-likeness (QED) is 0.660. The van der Waals surface area contributed by atoms with E-state index >= 15 is 0 Å². The molecule has 0 aliphatic carbocycles. The summed E-state index contributed by atoms with van der Waals surface area (Å²) in [4.78, 5) is 11.3. The Labute approximate surface area is 117 Å². The van der Waals surface area contributed by atoms with Gasteiger partial charge in [-0.15, -0.1) is 11.3 Å². The molecule has 4 nitrogen and oxygen atoms in total.